The molecule has 3 rings (SSSR count). The Morgan fingerprint density at radius 2 is 2.07 bits per heavy atom. The van der Waals surface area contributed by atoms with Crippen LogP contribution in [0.2, 0.25) is 0 Å². The number of aliphatic imine (C=N–C) groups is 1. The fourth-order valence-electron chi connectivity index (χ4n) is 3.60. The zero-order valence-electron chi connectivity index (χ0n) is 17.7. The standard InChI is InChI=1S/C21H34N6O2/c1-3-22-21(26-14-10-18(11-15-26)29-17-7-16-28-2)23-12-6-9-20-25-24-19-8-4-5-13-27(19)20/h4-5,8,13,18H,3,6-7,9-12,14-17H2,1-2H3,(H,22,23). The van der Waals surface area contributed by atoms with Crippen LogP contribution in [-0.4, -0.2) is 78.1 Å². The number of aromatic nitrogens is 3. The van der Waals surface area contributed by atoms with Crippen molar-refractivity contribution in [1.29, 1.82) is 0 Å². The van der Waals surface area contributed by atoms with Gasteiger partial charge in [-0.3, -0.25) is 9.39 Å². The van der Waals surface area contributed by atoms with E-state index in [1.165, 1.54) is 0 Å². The van der Waals surface area contributed by atoms with Gasteiger partial charge in [-0.2, -0.15) is 0 Å². The van der Waals surface area contributed by atoms with Gasteiger partial charge in [0, 0.05) is 59.1 Å². The largest absolute Gasteiger partial charge is 0.385 e. The second-order valence-electron chi connectivity index (χ2n) is 7.29. The van der Waals surface area contributed by atoms with Gasteiger partial charge in [0.25, 0.3) is 0 Å². The molecule has 1 aliphatic rings. The molecule has 8 nitrogen and oxygen atoms in total. The van der Waals surface area contributed by atoms with Crippen LogP contribution >= 0.6 is 0 Å². The highest BCUT2D eigenvalue weighted by Gasteiger charge is 2.21. The predicted octanol–water partition coefficient (Wildman–Crippen LogP) is 2.14. The lowest BCUT2D eigenvalue weighted by atomic mass is 10.1. The van der Waals surface area contributed by atoms with Crippen molar-refractivity contribution in [2.24, 2.45) is 4.99 Å². The highest BCUT2D eigenvalue weighted by molar-refractivity contribution is 5.80. The van der Waals surface area contributed by atoms with E-state index in [1.54, 1.807) is 7.11 Å². The molecule has 1 fully saturated rings. The Balaban J connectivity index is 1.44. The van der Waals surface area contributed by atoms with Gasteiger partial charge in [0.05, 0.1) is 6.10 Å². The second kappa shape index (κ2) is 11.7. The molecule has 2 aromatic heterocycles. The quantitative estimate of drug-likeness (QED) is 0.373. The third-order valence-corrected chi connectivity index (χ3v) is 5.13. The smallest absolute Gasteiger partial charge is 0.193 e. The van der Waals surface area contributed by atoms with Gasteiger partial charge < -0.3 is 19.7 Å². The van der Waals surface area contributed by atoms with Gasteiger partial charge in [0.15, 0.2) is 11.6 Å². The van der Waals surface area contributed by atoms with Gasteiger partial charge in [0.1, 0.15) is 5.82 Å². The van der Waals surface area contributed by atoms with Gasteiger partial charge in [-0.15, -0.1) is 10.2 Å². The van der Waals surface area contributed by atoms with Crippen molar-refractivity contribution in [3.8, 4) is 0 Å². The van der Waals surface area contributed by atoms with E-state index in [9.17, 15) is 0 Å². The number of hydrogen-bond acceptors (Lipinski definition) is 5. The van der Waals surface area contributed by atoms with Crippen molar-refractivity contribution in [3.05, 3.63) is 30.2 Å². The number of likely N-dealkylation sites (tertiary alicyclic amines) is 1. The Hall–Kier alpha value is -2.19. The Morgan fingerprint density at radius 3 is 2.86 bits per heavy atom. The van der Waals surface area contributed by atoms with Gasteiger partial charge in [-0.1, -0.05) is 6.07 Å². The van der Waals surface area contributed by atoms with Gasteiger partial charge in [0.2, 0.25) is 0 Å². The van der Waals surface area contributed by atoms with Crippen LogP contribution in [0.1, 0.15) is 38.4 Å². The lowest BCUT2D eigenvalue weighted by Crippen LogP contribution is -2.47. The molecule has 0 amide bonds. The summed E-state index contributed by atoms with van der Waals surface area (Å²) in [5.41, 5.74) is 0.895. The van der Waals surface area contributed by atoms with E-state index < -0.39 is 0 Å². The molecule has 0 aromatic carbocycles. The van der Waals surface area contributed by atoms with Crippen molar-refractivity contribution >= 4 is 11.6 Å². The number of aryl methyl sites for hydroxylation is 1. The zero-order chi connectivity index (χ0) is 20.3. The topological polar surface area (TPSA) is 76.3 Å². The third kappa shape index (κ3) is 6.40. The van der Waals surface area contributed by atoms with E-state index in [4.69, 9.17) is 14.5 Å². The predicted molar refractivity (Wildman–Crippen MR) is 114 cm³/mol. The summed E-state index contributed by atoms with van der Waals surface area (Å²) in [5.74, 6) is 2.00. The number of piperidine rings is 1. The molecule has 1 aliphatic heterocycles. The summed E-state index contributed by atoms with van der Waals surface area (Å²) in [6, 6.07) is 5.96. The normalized spacial score (nSPS) is 15.9. The Bertz CT molecular complexity index is 754. The lowest BCUT2D eigenvalue weighted by Gasteiger charge is -2.34. The summed E-state index contributed by atoms with van der Waals surface area (Å²) < 4.78 is 13.1. The highest BCUT2D eigenvalue weighted by Crippen LogP contribution is 2.14. The molecule has 1 N–H and O–H groups in total. The average Bonchev–Trinajstić information content (AvgIpc) is 3.17. The maximum atomic E-state index is 5.97. The van der Waals surface area contributed by atoms with E-state index in [1.807, 2.05) is 28.8 Å². The molecule has 3 heterocycles. The summed E-state index contributed by atoms with van der Waals surface area (Å²) in [4.78, 5) is 7.20. The van der Waals surface area contributed by atoms with Crippen molar-refractivity contribution in [2.75, 3.05) is 46.5 Å². The highest BCUT2D eigenvalue weighted by atomic mass is 16.5. The molecule has 0 aliphatic carbocycles. The van der Waals surface area contributed by atoms with Gasteiger partial charge in [-0.25, -0.2) is 0 Å². The number of pyridine rings is 1. The second-order valence-corrected chi connectivity index (χ2v) is 7.29. The molecular weight excluding hydrogens is 368 g/mol. The van der Waals surface area contributed by atoms with E-state index >= 15 is 0 Å². The van der Waals surface area contributed by atoms with Crippen LogP contribution in [0.15, 0.2) is 29.4 Å². The SMILES string of the molecule is CCNC(=NCCCc1nnc2ccccn12)N1CCC(OCCCOC)CC1. The van der Waals surface area contributed by atoms with Gasteiger partial charge in [-0.05, 0) is 44.7 Å². The molecule has 0 atom stereocenters. The summed E-state index contributed by atoms with van der Waals surface area (Å²) in [5, 5.41) is 11.9. The number of fused-ring (bicyclic) bond motifs is 1. The van der Waals surface area contributed by atoms with Crippen molar-refractivity contribution in [1.82, 2.24) is 24.8 Å². The number of nitrogens with one attached hydrogen (secondary N) is 1. The molecule has 160 valence electrons. The first-order valence-corrected chi connectivity index (χ1v) is 10.7. The number of nitrogens with zero attached hydrogens (tertiary/aromatic N) is 5. The number of rotatable bonds is 10. The molecule has 0 saturated carbocycles. The number of hydrogen-bond donors (Lipinski definition) is 1. The monoisotopic (exact) mass is 402 g/mol. The molecule has 2 aromatic rings. The van der Waals surface area contributed by atoms with Crippen molar-refractivity contribution < 1.29 is 9.47 Å². The van der Waals surface area contributed by atoms with E-state index in [2.05, 4.69) is 27.3 Å². The zero-order valence-corrected chi connectivity index (χ0v) is 17.7. The molecule has 29 heavy (non-hydrogen) atoms. The Labute approximate surface area is 173 Å². The van der Waals surface area contributed by atoms with E-state index in [0.29, 0.717) is 6.10 Å². The van der Waals surface area contributed by atoms with Crippen LogP contribution in [0.25, 0.3) is 5.65 Å². The maximum Gasteiger partial charge on any atom is 0.193 e. The van der Waals surface area contributed by atoms with Crippen molar-refractivity contribution in [3.63, 3.8) is 0 Å². The minimum Gasteiger partial charge on any atom is -0.385 e. The fourth-order valence-corrected chi connectivity index (χ4v) is 3.60. The van der Waals surface area contributed by atoms with E-state index in [-0.39, 0.29) is 0 Å². The first-order valence-electron chi connectivity index (χ1n) is 10.7. The minimum atomic E-state index is 0.354. The summed E-state index contributed by atoms with van der Waals surface area (Å²) in [6.07, 6.45) is 7.23. The molecule has 8 heteroatoms. The van der Waals surface area contributed by atoms with Crippen molar-refractivity contribution in [2.45, 2.75) is 45.1 Å². The Kier molecular flexibility index (Phi) is 8.70. The molecule has 0 unspecified atom stereocenters. The number of ether oxygens (including phenoxy) is 2. The number of methoxy groups -OCH3 is 1. The lowest BCUT2D eigenvalue weighted by molar-refractivity contribution is 0.00990. The average molecular weight is 403 g/mol. The van der Waals surface area contributed by atoms with Crippen LogP contribution < -0.4 is 5.32 Å². The molecular formula is C21H34N6O2. The van der Waals surface area contributed by atoms with Crippen LogP contribution in [-0.2, 0) is 15.9 Å². The minimum absolute atomic E-state index is 0.354. The third-order valence-electron chi connectivity index (χ3n) is 5.13. The summed E-state index contributed by atoms with van der Waals surface area (Å²) in [7, 11) is 1.73. The molecule has 0 bridgehead atoms. The molecule has 0 spiro atoms. The van der Waals surface area contributed by atoms with Crippen LogP contribution in [0, 0.1) is 0 Å². The first-order chi connectivity index (χ1) is 14.3. The first kappa shape index (κ1) is 21.5. The molecule has 0 radical (unpaired) electrons. The van der Waals surface area contributed by atoms with Gasteiger partial charge >= 0.3 is 0 Å². The Morgan fingerprint density at radius 1 is 1.21 bits per heavy atom. The summed E-state index contributed by atoms with van der Waals surface area (Å²) >= 11 is 0. The number of guanidine groups is 1. The van der Waals surface area contributed by atoms with E-state index in [0.717, 1.165) is 88.9 Å². The van der Waals surface area contributed by atoms with Crippen LogP contribution in [0.5, 0.6) is 0 Å². The van der Waals surface area contributed by atoms with Crippen LogP contribution in [0.4, 0.5) is 0 Å². The maximum absolute atomic E-state index is 5.97. The summed E-state index contributed by atoms with van der Waals surface area (Å²) in [6.45, 7) is 7.28. The molecule has 1 saturated heterocycles. The fraction of sp³-hybridized carbons (Fsp3) is 0.667. The van der Waals surface area contributed by atoms with Crippen LogP contribution in [0.3, 0.4) is 0 Å².